The van der Waals surface area contributed by atoms with E-state index in [4.69, 9.17) is 0 Å². The van der Waals surface area contributed by atoms with E-state index in [0.717, 1.165) is 29.8 Å². The number of aromatic nitrogens is 2. The van der Waals surface area contributed by atoms with E-state index in [1.807, 2.05) is 14.0 Å². The second-order valence-electron chi connectivity index (χ2n) is 4.06. The van der Waals surface area contributed by atoms with E-state index in [9.17, 15) is 4.79 Å². The Balaban J connectivity index is 1.89. The maximum atomic E-state index is 11.5. The molecule has 2 heterocycles. The zero-order valence-electron chi connectivity index (χ0n) is 10.1. The van der Waals surface area contributed by atoms with E-state index < -0.39 is 0 Å². The summed E-state index contributed by atoms with van der Waals surface area (Å²) in [5.74, 6) is 0.174. The third kappa shape index (κ3) is 3.13. The molecule has 0 aliphatic carbocycles. The molecule has 1 aliphatic heterocycles. The highest BCUT2D eigenvalue weighted by molar-refractivity contribution is 7.15. The number of rotatable bonds is 4. The van der Waals surface area contributed by atoms with Gasteiger partial charge in [0.2, 0.25) is 11.0 Å². The second-order valence-corrected chi connectivity index (χ2v) is 5.12. The van der Waals surface area contributed by atoms with Gasteiger partial charge in [-0.05, 0) is 6.92 Å². The Morgan fingerprint density at radius 2 is 2.24 bits per heavy atom. The molecule has 1 aromatic rings. The first-order valence-electron chi connectivity index (χ1n) is 5.71. The molecule has 0 atom stereocenters. The first-order valence-corrected chi connectivity index (χ1v) is 6.53. The van der Waals surface area contributed by atoms with Crippen LogP contribution in [0.3, 0.4) is 0 Å². The van der Waals surface area contributed by atoms with E-state index in [1.165, 1.54) is 0 Å². The van der Waals surface area contributed by atoms with Crippen LogP contribution in [-0.2, 0) is 11.3 Å². The van der Waals surface area contributed by atoms with Gasteiger partial charge in [-0.3, -0.25) is 9.69 Å². The molecule has 1 fully saturated rings. The number of piperazine rings is 1. The fourth-order valence-electron chi connectivity index (χ4n) is 1.67. The van der Waals surface area contributed by atoms with Gasteiger partial charge in [0, 0.05) is 26.7 Å². The number of hydrogen-bond donors (Lipinski definition) is 1. The summed E-state index contributed by atoms with van der Waals surface area (Å²) in [4.78, 5) is 15.4. The minimum absolute atomic E-state index is 0.174. The summed E-state index contributed by atoms with van der Waals surface area (Å²) in [5, 5.41) is 13.1. The molecular weight excluding hydrogens is 238 g/mol. The van der Waals surface area contributed by atoms with E-state index in [1.54, 1.807) is 16.2 Å². The Kier molecular flexibility index (Phi) is 3.90. The van der Waals surface area contributed by atoms with Crippen LogP contribution >= 0.6 is 11.3 Å². The summed E-state index contributed by atoms with van der Waals surface area (Å²) in [5.41, 5.74) is 0. The fraction of sp³-hybridized carbons (Fsp3) is 0.700. The lowest BCUT2D eigenvalue weighted by molar-refractivity contribution is -0.134. The van der Waals surface area contributed by atoms with Gasteiger partial charge in [0.05, 0.1) is 13.1 Å². The molecule has 1 saturated heterocycles. The van der Waals surface area contributed by atoms with Gasteiger partial charge < -0.3 is 10.2 Å². The van der Waals surface area contributed by atoms with Gasteiger partial charge in [0.1, 0.15) is 5.01 Å². The number of amides is 1. The molecule has 17 heavy (non-hydrogen) atoms. The molecule has 0 spiro atoms. The largest absolute Gasteiger partial charge is 0.360 e. The van der Waals surface area contributed by atoms with Crippen molar-refractivity contribution >= 4 is 22.4 Å². The van der Waals surface area contributed by atoms with Crippen LogP contribution in [0.4, 0.5) is 5.13 Å². The van der Waals surface area contributed by atoms with Crippen molar-refractivity contribution in [1.29, 1.82) is 0 Å². The minimum Gasteiger partial charge on any atom is -0.360 e. The first-order chi connectivity index (χ1) is 8.19. The molecule has 0 bridgehead atoms. The molecule has 0 aromatic carbocycles. The molecule has 1 N–H and O–H groups in total. The minimum atomic E-state index is 0.174. The number of nitrogens with zero attached hydrogens (tertiary/aromatic N) is 4. The molecule has 0 radical (unpaired) electrons. The summed E-state index contributed by atoms with van der Waals surface area (Å²) in [7, 11) is 1.84. The lowest BCUT2D eigenvalue weighted by Crippen LogP contribution is -2.47. The van der Waals surface area contributed by atoms with Crippen molar-refractivity contribution in [3.05, 3.63) is 5.01 Å². The van der Waals surface area contributed by atoms with E-state index in [0.29, 0.717) is 13.1 Å². The van der Waals surface area contributed by atoms with Crippen LogP contribution in [0.15, 0.2) is 0 Å². The van der Waals surface area contributed by atoms with E-state index in [2.05, 4.69) is 20.4 Å². The maximum Gasteiger partial charge on any atom is 0.236 e. The molecule has 1 amide bonds. The average molecular weight is 255 g/mol. The molecule has 0 saturated carbocycles. The lowest BCUT2D eigenvalue weighted by Gasteiger charge is -2.31. The smallest absolute Gasteiger partial charge is 0.236 e. The second kappa shape index (κ2) is 5.42. The standard InChI is InChI=1S/C10H17N5OS/c1-3-11-10-13-12-8(17-10)6-15-5-4-14(2)9(16)7-15/h3-7H2,1-2H3,(H,11,13). The molecular formula is C10H17N5OS. The Hall–Kier alpha value is -1.21. The molecule has 1 aromatic heterocycles. The van der Waals surface area contributed by atoms with Crippen molar-refractivity contribution in [3.8, 4) is 0 Å². The normalized spacial score (nSPS) is 17.5. The Labute approximate surface area is 105 Å². The highest BCUT2D eigenvalue weighted by atomic mass is 32.1. The van der Waals surface area contributed by atoms with E-state index in [-0.39, 0.29) is 5.91 Å². The highest BCUT2D eigenvalue weighted by Gasteiger charge is 2.21. The summed E-state index contributed by atoms with van der Waals surface area (Å²) in [6.07, 6.45) is 0. The quantitative estimate of drug-likeness (QED) is 0.835. The van der Waals surface area contributed by atoms with Crippen molar-refractivity contribution in [1.82, 2.24) is 20.0 Å². The topological polar surface area (TPSA) is 61.4 Å². The van der Waals surface area contributed by atoms with E-state index >= 15 is 0 Å². The summed E-state index contributed by atoms with van der Waals surface area (Å²) in [6.45, 7) is 5.76. The van der Waals surface area contributed by atoms with Crippen LogP contribution < -0.4 is 5.32 Å². The molecule has 1 aliphatic rings. The van der Waals surface area contributed by atoms with Crippen LogP contribution in [0.1, 0.15) is 11.9 Å². The number of carbonyl (C=O) groups is 1. The van der Waals surface area contributed by atoms with Crippen molar-refractivity contribution < 1.29 is 4.79 Å². The number of nitrogens with one attached hydrogen (secondary N) is 1. The number of likely N-dealkylation sites (N-methyl/N-ethyl adjacent to an activating group) is 1. The SMILES string of the molecule is CCNc1nnc(CN2CCN(C)C(=O)C2)s1. The Bertz CT molecular complexity index is 394. The zero-order chi connectivity index (χ0) is 12.3. The molecule has 94 valence electrons. The first kappa shape index (κ1) is 12.3. The number of anilines is 1. The van der Waals surface area contributed by atoms with Gasteiger partial charge in [0.15, 0.2) is 0 Å². The third-order valence-electron chi connectivity index (χ3n) is 2.69. The zero-order valence-corrected chi connectivity index (χ0v) is 11.0. The lowest BCUT2D eigenvalue weighted by atomic mass is 10.3. The summed E-state index contributed by atoms with van der Waals surface area (Å²) in [6, 6.07) is 0. The molecule has 2 rings (SSSR count). The fourth-order valence-corrected chi connectivity index (χ4v) is 2.52. The predicted molar refractivity (Wildman–Crippen MR) is 67.0 cm³/mol. The highest BCUT2D eigenvalue weighted by Crippen LogP contribution is 2.17. The van der Waals surface area contributed by atoms with Crippen molar-refractivity contribution in [3.63, 3.8) is 0 Å². The third-order valence-corrected chi connectivity index (χ3v) is 3.56. The van der Waals surface area contributed by atoms with Crippen LogP contribution in [0, 0.1) is 0 Å². The van der Waals surface area contributed by atoms with Gasteiger partial charge in [0.25, 0.3) is 0 Å². The van der Waals surface area contributed by atoms with Crippen LogP contribution in [0.2, 0.25) is 0 Å². The van der Waals surface area contributed by atoms with Gasteiger partial charge >= 0.3 is 0 Å². The summed E-state index contributed by atoms with van der Waals surface area (Å²) >= 11 is 1.55. The maximum absolute atomic E-state index is 11.5. The predicted octanol–water partition coefficient (Wildman–Crippen LogP) is 0.244. The number of hydrogen-bond acceptors (Lipinski definition) is 6. The van der Waals surface area contributed by atoms with Crippen LogP contribution in [0.25, 0.3) is 0 Å². The molecule has 7 heteroatoms. The van der Waals surface area contributed by atoms with Gasteiger partial charge in [-0.15, -0.1) is 10.2 Å². The van der Waals surface area contributed by atoms with Crippen molar-refractivity contribution in [2.45, 2.75) is 13.5 Å². The van der Waals surface area contributed by atoms with Crippen LogP contribution in [-0.4, -0.2) is 59.1 Å². The van der Waals surface area contributed by atoms with Crippen molar-refractivity contribution in [2.75, 3.05) is 38.5 Å². The Morgan fingerprint density at radius 1 is 1.41 bits per heavy atom. The molecule has 0 unspecified atom stereocenters. The Morgan fingerprint density at radius 3 is 2.94 bits per heavy atom. The van der Waals surface area contributed by atoms with Gasteiger partial charge in [-0.2, -0.15) is 0 Å². The number of carbonyl (C=O) groups excluding carboxylic acids is 1. The monoisotopic (exact) mass is 255 g/mol. The van der Waals surface area contributed by atoms with Crippen molar-refractivity contribution in [2.24, 2.45) is 0 Å². The van der Waals surface area contributed by atoms with Crippen LogP contribution in [0.5, 0.6) is 0 Å². The van der Waals surface area contributed by atoms with Gasteiger partial charge in [-0.25, -0.2) is 0 Å². The summed E-state index contributed by atoms with van der Waals surface area (Å²) < 4.78 is 0. The molecule has 6 nitrogen and oxygen atoms in total. The van der Waals surface area contributed by atoms with Gasteiger partial charge in [-0.1, -0.05) is 11.3 Å². The average Bonchev–Trinajstić information content (AvgIpc) is 2.72.